The van der Waals surface area contributed by atoms with Crippen LogP contribution in [0, 0.1) is 0 Å². The minimum atomic E-state index is 0.650. The van der Waals surface area contributed by atoms with Gasteiger partial charge < -0.3 is 9.64 Å². The second-order valence-corrected chi connectivity index (χ2v) is 3.61. The number of benzene rings is 1. The molecule has 0 fully saturated rings. The van der Waals surface area contributed by atoms with Crippen molar-refractivity contribution in [1.29, 1.82) is 0 Å². The van der Waals surface area contributed by atoms with Gasteiger partial charge in [-0.3, -0.25) is 10.4 Å². The van der Waals surface area contributed by atoms with Gasteiger partial charge in [-0.25, -0.2) is 5.84 Å². The third-order valence-corrected chi connectivity index (χ3v) is 2.39. The Labute approximate surface area is 102 Å². The van der Waals surface area contributed by atoms with E-state index in [-0.39, 0.29) is 0 Å². The fraction of sp³-hybridized carbons (Fsp3) is 0.417. The predicted molar refractivity (Wildman–Crippen MR) is 71.3 cm³/mol. The molecule has 0 aliphatic carbocycles. The van der Waals surface area contributed by atoms with Crippen molar-refractivity contribution in [3.63, 3.8) is 0 Å². The third kappa shape index (κ3) is 3.64. The Kier molecular flexibility index (Phi) is 5.29. The lowest BCUT2D eigenvalue weighted by Crippen LogP contribution is -2.43. The van der Waals surface area contributed by atoms with Crippen LogP contribution in [0.4, 0.5) is 5.69 Å². The van der Waals surface area contributed by atoms with Crippen LogP contribution in [0.3, 0.4) is 0 Å². The van der Waals surface area contributed by atoms with Crippen molar-refractivity contribution in [2.45, 2.75) is 13.3 Å². The Morgan fingerprint density at radius 3 is 2.53 bits per heavy atom. The van der Waals surface area contributed by atoms with Gasteiger partial charge in [0.25, 0.3) is 0 Å². The molecule has 0 radical (unpaired) electrons. The minimum absolute atomic E-state index is 0.650. The molecule has 0 saturated heterocycles. The van der Waals surface area contributed by atoms with Crippen LogP contribution in [-0.2, 0) is 0 Å². The summed E-state index contributed by atoms with van der Waals surface area (Å²) in [7, 11) is 3.56. The number of nitrogens with two attached hydrogens (primary N) is 1. The molecule has 0 heterocycles. The number of aliphatic imine (C=N–C) groups is 1. The molecule has 0 atom stereocenters. The van der Waals surface area contributed by atoms with Crippen molar-refractivity contribution < 1.29 is 4.74 Å². The Morgan fingerprint density at radius 1 is 1.41 bits per heavy atom. The first kappa shape index (κ1) is 13.3. The normalized spacial score (nSPS) is 11.2. The van der Waals surface area contributed by atoms with E-state index in [4.69, 9.17) is 10.6 Å². The van der Waals surface area contributed by atoms with E-state index < -0.39 is 0 Å². The topological polar surface area (TPSA) is 62.9 Å². The van der Waals surface area contributed by atoms with Crippen LogP contribution >= 0.6 is 0 Å². The molecule has 0 aliphatic heterocycles. The van der Waals surface area contributed by atoms with E-state index >= 15 is 0 Å². The SMILES string of the molecule is CCCN=C(NN)N(C)c1ccc(OC)cc1. The van der Waals surface area contributed by atoms with E-state index in [1.54, 1.807) is 7.11 Å². The smallest absolute Gasteiger partial charge is 0.212 e. The molecule has 5 nitrogen and oxygen atoms in total. The Hall–Kier alpha value is -1.75. The number of ether oxygens (including phenoxy) is 1. The van der Waals surface area contributed by atoms with Crippen molar-refractivity contribution in [2.24, 2.45) is 10.8 Å². The average Bonchev–Trinajstić information content (AvgIpc) is 2.39. The van der Waals surface area contributed by atoms with Crippen molar-refractivity contribution in [2.75, 3.05) is 25.6 Å². The van der Waals surface area contributed by atoms with Crippen molar-refractivity contribution in [3.05, 3.63) is 24.3 Å². The Balaban J connectivity index is 2.82. The summed E-state index contributed by atoms with van der Waals surface area (Å²) in [5, 5.41) is 0. The second kappa shape index (κ2) is 6.75. The highest BCUT2D eigenvalue weighted by Crippen LogP contribution is 2.17. The molecule has 0 spiro atoms. The quantitative estimate of drug-likeness (QED) is 0.358. The maximum absolute atomic E-state index is 5.46. The molecule has 0 aliphatic rings. The van der Waals surface area contributed by atoms with Gasteiger partial charge in [-0.15, -0.1) is 0 Å². The number of hydrazine groups is 1. The van der Waals surface area contributed by atoms with Gasteiger partial charge >= 0.3 is 0 Å². The van der Waals surface area contributed by atoms with Gasteiger partial charge in [-0.05, 0) is 30.7 Å². The maximum Gasteiger partial charge on any atom is 0.212 e. The lowest BCUT2D eigenvalue weighted by Gasteiger charge is -2.20. The largest absolute Gasteiger partial charge is 0.497 e. The van der Waals surface area contributed by atoms with E-state index in [2.05, 4.69) is 17.3 Å². The van der Waals surface area contributed by atoms with Crippen LogP contribution in [0.15, 0.2) is 29.3 Å². The van der Waals surface area contributed by atoms with E-state index in [1.807, 2.05) is 36.2 Å². The summed E-state index contributed by atoms with van der Waals surface area (Å²) in [6, 6.07) is 7.72. The third-order valence-electron chi connectivity index (χ3n) is 2.39. The lowest BCUT2D eigenvalue weighted by molar-refractivity contribution is 0.415. The number of nitrogens with zero attached hydrogens (tertiary/aromatic N) is 2. The molecule has 17 heavy (non-hydrogen) atoms. The van der Waals surface area contributed by atoms with E-state index in [0.717, 1.165) is 24.4 Å². The molecule has 3 N–H and O–H groups in total. The van der Waals surface area contributed by atoms with Gasteiger partial charge in [0.2, 0.25) is 5.96 Å². The van der Waals surface area contributed by atoms with Crippen LogP contribution in [0.25, 0.3) is 0 Å². The molecule has 1 rings (SSSR count). The van der Waals surface area contributed by atoms with Gasteiger partial charge in [0.15, 0.2) is 0 Å². The number of nitrogens with one attached hydrogen (secondary N) is 1. The summed E-state index contributed by atoms with van der Waals surface area (Å²) in [4.78, 5) is 6.25. The van der Waals surface area contributed by atoms with E-state index in [1.165, 1.54) is 0 Å². The highest BCUT2D eigenvalue weighted by Gasteiger charge is 2.06. The van der Waals surface area contributed by atoms with Crippen LogP contribution in [-0.4, -0.2) is 26.7 Å². The maximum atomic E-state index is 5.46. The van der Waals surface area contributed by atoms with Crippen LogP contribution < -0.4 is 20.9 Å². The van der Waals surface area contributed by atoms with Crippen molar-refractivity contribution >= 4 is 11.6 Å². The number of guanidine groups is 1. The fourth-order valence-electron chi connectivity index (χ4n) is 1.39. The molecule has 0 saturated carbocycles. The molecule has 0 unspecified atom stereocenters. The number of rotatable bonds is 4. The zero-order chi connectivity index (χ0) is 12.7. The molecule has 0 amide bonds. The van der Waals surface area contributed by atoms with Gasteiger partial charge in [0.1, 0.15) is 5.75 Å². The summed E-state index contributed by atoms with van der Waals surface area (Å²) in [5.41, 5.74) is 3.61. The van der Waals surface area contributed by atoms with Crippen molar-refractivity contribution in [3.8, 4) is 5.75 Å². The number of hydrogen-bond acceptors (Lipinski definition) is 3. The monoisotopic (exact) mass is 236 g/mol. The molecule has 0 aromatic heterocycles. The van der Waals surface area contributed by atoms with Gasteiger partial charge in [0, 0.05) is 19.3 Å². The summed E-state index contributed by atoms with van der Waals surface area (Å²) in [6.07, 6.45) is 0.988. The molecule has 1 aromatic rings. The highest BCUT2D eigenvalue weighted by molar-refractivity contribution is 5.95. The number of anilines is 1. The van der Waals surface area contributed by atoms with Gasteiger partial charge in [-0.2, -0.15) is 0 Å². The fourth-order valence-corrected chi connectivity index (χ4v) is 1.39. The number of methoxy groups -OCH3 is 1. The zero-order valence-corrected chi connectivity index (χ0v) is 10.6. The summed E-state index contributed by atoms with van der Waals surface area (Å²) >= 11 is 0. The van der Waals surface area contributed by atoms with Crippen LogP contribution in [0.2, 0.25) is 0 Å². The van der Waals surface area contributed by atoms with Gasteiger partial charge in [-0.1, -0.05) is 6.92 Å². The molecular formula is C12H20N4O. The summed E-state index contributed by atoms with van der Waals surface area (Å²) in [6.45, 7) is 2.82. The highest BCUT2D eigenvalue weighted by atomic mass is 16.5. The van der Waals surface area contributed by atoms with Crippen LogP contribution in [0.5, 0.6) is 5.75 Å². The molecule has 0 bridgehead atoms. The summed E-state index contributed by atoms with van der Waals surface area (Å²) < 4.78 is 5.11. The van der Waals surface area contributed by atoms with E-state index in [9.17, 15) is 0 Å². The Morgan fingerprint density at radius 2 is 2.06 bits per heavy atom. The van der Waals surface area contributed by atoms with Crippen molar-refractivity contribution in [1.82, 2.24) is 5.43 Å². The van der Waals surface area contributed by atoms with Crippen LogP contribution in [0.1, 0.15) is 13.3 Å². The first-order chi connectivity index (χ1) is 8.22. The molecule has 94 valence electrons. The standard InChI is InChI=1S/C12H20N4O/c1-4-9-14-12(15-13)16(2)10-5-7-11(17-3)8-6-10/h5-8H,4,9,13H2,1-3H3,(H,14,15). The predicted octanol–water partition coefficient (Wildman–Crippen LogP) is 1.36. The molecule has 5 heteroatoms. The zero-order valence-electron chi connectivity index (χ0n) is 10.6. The molecular weight excluding hydrogens is 216 g/mol. The Bertz CT molecular complexity index is 361. The lowest BCUT2D eigenvalue weighted by atomic mass is 10.3. The summed E-state index contributed by atoms with van der Waals surface area (Å²) in [5.74, 6) is 6.94. The first-order valence-corrected chi connectivity index (χ1v) is 5.61. The minimum Gasteiger partial charge on any atom is -0.497 e. The number of hydrogen-bond donors (Lipinski definition) is 2. The second-order valence-electron chi connectivity index (χ2n) is 3.61. The average molecular weight is 236 g/mol. The molecule has 1 aromatic carbocycles. The first-order valence-electron chi connectivity index (χ1n) is 5.61. The van der Waals surface area contributed by atoms with Gasteiger partial charge in [0.05, 0.1) is 7.11 Å². The van der Waals surface area contributed by atoms with E-state index in [0.29, 0.717) is 5.96 Å².